The summed E-state index contributed by atoms with van der Waals surface area (Å²) < 4.78 is 0. The van der Waals surface area contributed by atoms with E-state index in [-0.39, 0.29) is 5.48 Å². The molecule has 25 valence electrons. The molecule has 1 radical (unpaired) electrons. The van der Waals surface area contributed by atoms with E-state index in [1.807, 2.05) is 0 Å². The second kappa shape index (κ2) is 11.0. The van der Waals surface area contributed by atoms with Crippen molar-refractivity contribution in [3.8, 4) is 0 Å². The quantitative estimate of drug-likeness (QED) is 0.317. The minimum absolute atomic E-state index is 0. The Morgan fingerprint density at radius 2 is 1.75 bits per heavy atom. The van der Waals surface area contributed by atoms with Crippen molar-refractivity contribution in [2.75, 3.05) is 0 Å². The van der Waals surface area contributed by atoms with Crippen LogP contribution in [-0.4, -0.2) is 26.6 Å². The zero-order chi connectivity index (χ0) is 2.71. The van der Waals surface area contributed by atoms with Gasteiger partial charge in [0.15, 0.2) is 0 Å². The summed E-state index contributed by atoms with van der Waals surface area (Å²) in [6, 6.07) is 0. The first-order valence-corrected chi connectivity index (χ1v) is 1.51. The van der Waals surface area contributed by atoms with E-state index in [9.17, 15) is 0 Å². The molecule has 0 aliphatic rings. The van der Waals surface area contributed by atoms with E-state index >= 15 is 0 Å². The molecule has 0 aromatic carbocycles. The van der Waals surface area contributed by atoms with Crippen LogP contribution in [-0.2, 0) is 0 Å². The van der Waals surface area contributed by atoms with Crippen LogP contribution >= 0.6 is 0 Å². The van der Waals surface area contributed by atoms with Gasteiger partial charge >= 0.3 is 26.5 Å². The van der Waals surface area contributed by atoms with Crippen LogP contribution in [0.1, 0.15) is 0 Å². The van der Waals surface area contributed by atoms with E-state index in [1.54, 1.807) is 0 Å². The molecule has 0 aromatic rings. The van der Waals surface area contributed by atoms with Crippen molar-refractivity contribution in [3.05, 3.63) is 0 Å². The molecule has 0 aliphatic carbocycles. The van der Waals surface area contributed by atoms with Gasteiger partial charge < -0.3 is 5.48 Å². The smallest absolute Gasteiger partial charge is 0.412 e. The standard InChI is InChI=1S/CH2NSe.H2O/c2-1-3;/h1-2H;1H2. The summed E-state index contributed by atoms with van der Waals surface area (Å²) in [7, 11) is 0. The molecule has 0 amide bonds. The fourth-order valence-electron chi connectivity index (χ4n) is 0. The van der Waals surface area contributed by atoms with Crippen molar-refractivity contribution in [2.24, 2.45) is 0 Å². The zero-order valence-electron chi connectivity index (χ0n) is 1.99. The number of hydrogen-bond donors (Lipinski definition) is 1. The summed E-state index contributed by atoms with van der Waals surface area (Å²) >= 11 is 2.35. The number of nitrogens with one attached hydrogen (secondary N) is 1. The molecular weight excluding hydrogens is 121 g/mol. The zero-order valence-corrected chi connectivity index (χ0v) is 3.70. The Balaban J connectivity index is 0. The van der Waals surface area contributed by atoms with Gasteiger partial charge in [0.25, 0.3) is 0 Å². The molecule has 0 spiro atoms. The molecule has 0 unspecified atom stereocenters. The molecule has 0 rings (SSSR count). The van der Waals surface area contributed by atoms with Crippen molar-refractivity contribution in [3.63, 3.8) is 0 Å². The van der Waals surface area contributed by atoms with Gasteiger partial charge in [0.05, 0.1) is 0 Å². The van der Waals surface area contributed by atoms with Crippen molar-refractivity contribution >= 4 is 21.1 Å². The summed E-state index contributed by atoms with van der Waals surface area (Å²) in [6.07, 6.45) is 0. The molecule has 2 nitrogen and oxygen atoms in total. The van der Waals surface area contributed by atoms with Crippen LogP contribution in [0, 0.1) is 5.41 Å². The second-order valence-corrected chi connectivity index (χ2v) is 0.612. The summed E-state index contributed by atoms with van der Waals surface area (Å²) in [4.78, 5) is 0. The van der Waals surface area contributed by atoms with Gasteiger partial charge in [-0.15, -0.1) is 0 Å². The third-order valence-electron chi connectivity index (χ3n) is 0. The molecule has 4 heavy (non-hydrogen) atoms. The van der Waals surface area contributed by atoms with Gasteiger partial charge in [-0.2, -0.15) is 0 Å². The van der Waals surface area contributed by atoms with Crippen LogP contribution in [0.2, 0.25) is 0 Å². The average molecular weight is 125 g/mol. The van der Waals surface area contributed by atoms with Gasteiger partial charge in [-0.05, 0) is 0 Å². The molecule has 0 aliphatic heterocycles. The summed E-state index contributed by atoms with van der Waals surface area (Å²) in [5.41, 5.74) is 0. The van der Waals surface area contributed by atoms with Crippen LogP contribution in [0.5, 0.6) is 0 Å². The van der Waals surface area contributed by atoms with E-state index < -0.39 is 0 Å². The Morgan fingerprint density at radius 1 is 1.75 bits per heavy atom. The maximum absolute atomic E-state index is 6.03. The fourth-order valence-corrected chi connectivity index (χ4v) is 0. The summed E-state index contributed by atoms with van der Waals surface area (Å²) in [5.74, 6) is 0. The minimum Gasteiger partial charge on any atom is -0.412 e. The summed E-state index contributed by atoms with van der Waals surface area (Å²) in [5, 5.41) is 7.15. The predicted octanol–water partition coefficient (Wildman–Crippen LogP) is -1.06. The Kier molecular flexibility index (Phi) is 24.5. The monoisotopic (exact) mass is 126 g/mol. The van der Waals surface area contributed by atoms with E-state index in [4.69, 9.17) is 5.41 Å². The van der Waals surface area contributed by atoms with Crippen LogP contribution in [0.4, 0.5) is 0 Å². The Morgan fingerprint density at radius 3 is 1.75 bits per heavy atom. The van der Waals surface area contributed by atoms with Gasteiger partial charge in [0, 0.05) is 0 Å². The van der Waals surface area contributed by atoms with Gasteiger partial charge in [0.2, 0.25) is 0 Å². The van der Waals surface area contributed by atoms with Crippen molar-refractivity contribution in [2.45, 2.75) is 0 Å². The first-order valence-electron chi connectivity index (χ1n) is 0.524. The second-order valence-electron chi connectivity index (χ2n) is 0.118. The number of hydrogen-bond acceptors (Lipinski definition) is 1. The van der Waals surface area contributed by atoms with E-state index in [2.05, 4.69) is 16.0 Å². The normalized spacial score (nSPS) is 3.00. The predicted molar refractivity (Wildman–Crippen MR) is 18.2 cm³/mol. The first-order chi connectivity index (χ1) is 1.41. The van der Waals surface area contributed by atoms with Crippen LogP contribution in [0.3, 0.4) is 0 Å². The van der Waals surface area contributed by atoms with E-state index in [1.165, 1.54) is 0 Å². The molecule has 0 aromatic heterocycles. The molecule has 0 saturated heterocycles. The Labute approximate surface area is 32.8 Å². The molecule has 3 N–H and O–H groups in total. The minimum atomic E-state index is 0. The Hall–Kier alpha value is 0.149. The van der Waals surface area contributed by atoms with Crippen molar-refractivity contribution in [1.29, 1.82) is 5.41 Å². The molecule has 0 bridgehead atoms. The van der Waals surface area contributed by atoms with Crippen LogP contribution in [0.15, 0.2) is 0 Å². The largest absolute Gasteiger partial charge is 0.412 e. The van der Waals surface area contributed by atoms with E-state index in [0.29, 0.717) is 0 Å². The molecule has 0 atom stereocenters. The Bertz CT molecular complexity index is 15.5. The number of rotatable bonds is 0. The van der Waals surface area contributed by atoms with Crippen molar-refractivity contribution < 1.29 is 5.48 Å². The van der Waals surface area contributed by atoms with Crippen molar-refractivity contribution in [1.82, 2.24) is 0 Å². The topological polar surface area (TPSA) is 55.4 Å². The SMILES string of the molecule is N=C[Se].O. The van der Waals surface area contributed by atoms with Gasteiger partial charge in [-0.1, -0.05) is 0 Å². The van der Waals surface area contributed by atoms with Crippen LogP contribution in [0.25, 0.3) is 0 Å². The van der Waals surface area contributed by atoms with Gasteiger partial charge in [0.1, 0.15) is 0 Å². The van der Waals surface area contributed by atoms with Crippen LogP contribution < -0.4 is 0 Å². The molecule has 3 heteroatoms. The molecular formula is CH4NOSe. The molecule has 0 fully saturated rings. The molecule has 0 heterocycles. The summed E-state index contributed by atoms with van der Waals surface area (Å²) in [6.45, 7) is 0. The van der Waals surface area contributed by atoms with E-state index in [0.717, 1.165) is 5.11 Å². The third kappa shape index (κ3) is 127. The third-order valence-corrected chi connectivity index (χ3v) is 0. The van der Waals surface area contributed by atoms with Gasteiger partial charge in [-0.3, -0.25) is 0 Å². The maximum Gasteiger partial charge on any atom is -0.412 e. The molecule has 0 saturated carbocycles. The maximum atomic E-state index is 6.03. The fraction of sp³-hybridized carbons (Fsp3) is 0. The van der Waals surface area contributed by atoms with Gasteiger partial charge in [-0.25, -0.2) is 0 Å². The average Bonchev–Trinajstić information content (AvgIpc) is 0.918. The first kappa shape index (κ1) is 8.91.